The molecule has 9 heteroatoms. The van der Waals surface area contributed by atoms with Crippen molar-refractivity contribution in [3.63, 3.8) is 0 Å². The van der Waals surface area contributed by atoms with Gasteiger partial charge in [-0.3, -0.25) is 9.59 Å². The van der Waals surface area contributed by atoms with Crippen LogP contribution in [0.15, 0.2) is 73.4 Å². The highest BCUT2D eigenvalue weighted by atomic mass is 35.5. The number of hydrogen-bond acceptors (Lipinski definition) is 5. The Morgan fingerprint density at radius 3 is 2.58 bits per heavy atom. The van der Waals surface area contributed by atoms with Crippen LogP contribution in [-0.2, 0) is 4.79 Å². The lowest BCUT2D eigenvalue weighted by atomic mass is 9.95. The first kappa shape index (κ1) is 23.7. The summed E-state index contributed by atoms with van der Waals surface area (Å²) in [6, 6.07) is 15.6. The van der Waals surface area contributed by atoms with Crippen LogP contribution in [0.3, 0.4) is 0 Å². The van der Waals surface area contributed by atoms with Gasteiger partial charge in [0.1, 0.15) is 18.6 Å². The Hall–Kier alpha value is -4.04. The van der Waals surface area contributed by atoms with Gasteiger partial charge in [0.15, 0.2) is 12.0 Å². The Kier molecular flexibility index (Phi) is 6.52. The Morgan fingerprint density at radius 2 is 1.94 bits per heavy atom. The molecule has 0 radical (unpaired) electrons. The van der Waals surface area contributed by atoms with Gasteiger partial charge in [0, 0.05) is 33.5 Å². The third-order valence-electron chi connectivity index (χ3n) is 6.38. The quantitative estimate of drug-likeness (QED) is 0.209. The molecule has 36 heavy (non-hydrogen) atoms. The van der Waals surface area contributed by atoms with Crippen molar-refractivity contribution < 1.29 is 14.3 Å². The number of pyridine rings is 1. The lowest BCUT2D eigenvalue weighted by Crippen LogP contribution is -2.37. The van der Waals surface area contributed by atoms with Gasteiger partial charge in [0.25, 0.3) is 0 Å². The van der Waals surface area contributed by atoms with E-state index in [0.717, 1.165) is 28.8 Å². The highest BCUT2D eigenvalue weighted by molar-refractivity contribution is 6.31. The number of amides is 1. The van der Waals surface area contributed by atoms with Crippen molar-refractivity contribution in [2.45, 2.75) is 32.1 Å². The minimum Gasteiger partial charge on any atom is -0.618 e. The molecule has 8 nitrogen and oxygen atoms in total. The number of nitrogens with zero attached hydrogens (tertiary/aromatic N) is 4. The molecule has 4 aromatic rings. The second-order valence-corrected chi connectivity index (χ2v) is 9.46. The minimum atomic E-state index is -0.606. The normalized spacial score (nSPS) is 13.8. The molecule has 2 aromatic heterocycles. The molecule has 0 bridgehead atoms. The smallest absolute Gasteiger partial charge is 0.238 e. The second kappa shape index (κ2) is 9.91. The Bertz CT molecular complexity index is 1420. The van der Waals surface area contributed by atoms with E-state index in [4.69, 9.17) is 11.6 Å². The summed E-state index contributed by atoms with van der Waals surface area (Å²) < 4.78 is 2.38. The maximum absolute atomic E-state index is 13.3. The van der Waals surface area contributed by atoms with E-state index in [1.807, 2.05) is 12.1 Å². The van der Waals surface area contributed by atoms with E-state index < -0.39 is 5.92 Å². The van der Waals surface area contributed by atoms with Gasteiger partial charge in [-0.15, -0.1) is 0 Å². The predicted molar refractivity (Wildman–Crippen MR) is 136 cm³/mol. The summed E-state index contributed by atoms with van der Waals surface area (Å²) in [5.74, 6) is -0.474. The van der Waals surface area contributed by atoms with Crippen molar-refractivity contribution in [1.29, 1.82) is 0 Å². The molecule has 0 aliphatic heterocycles. The van der Waals surface area contributed by atoms with E-state index in [1.165, 1.54) is 19.4 Å². The van der Waals surface area contributed by atoms with Crippen LogP contribution < -0.4 is 10.0 Å². The average Bonchev–Trinajstić information content (AvgIpc) is 3.52. The van der Waals surface area contributed by atoms with E-state index in [9.17, 15) is 14.8 Å². The molecule has 182 valence electrons. The third-order valence-corrected chi connectivity index (χ3v) is 6.61. The maximum atomic E-state index is 13.3. The van der Waals surface area contributed by atoms with E-state index in [0.29, 0.717) is 39.9 Å². The molecule has 5 rings (SSSR count). The summed E-state index contributed by atoms with van der Waals surface area (Å²) in [7, 11) is 0. The standard InChI is InChI=1S/C27H24ClN5O3/c1-17(34)19-4-8-22(9-5-19)31-27(35)24(12-18-2-3-18)26-10-6-20(14-33(26)36)23-13-21(28)7-11-25(23)32-16-29-15-30-32/h4-11,13-16,18,24H,2-3,12H2,1H3,(H,31,35). The monoisotopic (exact) mass is 501 g/mol. The fourth-order valence-electron chi connectivity index (χ4n) is 4.26. The Labute approximate surface area is 213 Å². The number of aromatic nitrogens is 4. The SMILES string of the molecule is CC(=O)c1ccc(NC(=O)C(CC2CC2)c2ccc(-c3cc(Cl)ccc3-n3cncn3)c[n+]2[O-])cc1. The molecule has 0 spiro atoms. The molecule has 2 aromatic carbocycles. The molecule has 1 aliphatic carbocycles. The van der Waals surface area contributed by atoms with Gasteiger partial charge in [-0.25, -0.2) is 9.67 Å². The molecular formula is C27H24ClN5O3. The van der Waals surface area contributed by atoms with Gasteiger partial charge in [0.05, 0.1) is 5.69 Å². The number of rotatable bonds is 8. The van der Waals surface area contributed by atoms with Crippen molar-refractivity contribution >= 4 is 29.0 Å². The van der Waals surface area contributed by atoms with Crippen LogP contribution in [0.5, 0.6) is 0 Å². The summed E-state index contributed by atoms with van der Waals surface area (Å²) in [6.07, 6.45) is 7.18. The first-order chi connectivity index (χ1) is 17.4. The van der Waals surface area contributed by atoms with Crippen LogP contribution in [0.25, 0.3) is 16.8 Å². The molecule has 1 aliphatic rings. The number of hydrogen-bond donors (Lipinski definition) is 1. The highest BCUT2D eigenvalue weighted by Gasteiger charge is 2.35. The fourth-order valence-corrected chi connectivity index (χ4v) is 4.43. The molecule has 2 heterocycles. The van der Waals surface area contributed by atoms with E-state index >= 15 is 0 Å². The van der Waals surface area contributed by atoms with Crippen LogP contribution >= 0.6 is 11.6 Å². The van der Waals surface area contributed by atoms with Gasteiger partial charge < -0.3 is 10.5 Å². The largest absolute Gasteiger partial charge is 0.618 e. The number of benzene rings is 2. The molecule has 1 unspecified atom stereocenters. The van der Waals surface area contributed by atoms with Crippen LogP contribution in [-0.4, -0.2) is 26.5 Å². The summed E-state index contributed by atoms with van der Waals surface area (Å²) in [4.78, 5) is 28.8. The van der Waals surface area contributed by atoms with Crippen molar-refractivity contribution in [3.8, 4) is 16.8 Å². The molecular weight excluding hydrogens is 478 g/mol. The number of carbonyl (C=O) groups is 2. The van der Waals surface area contributed by atoms with Gasteiger partial charge in [-0.05, 0) is 67.8 Å². The molecule has 0 saturated heterocycles. The van der Waals surface area contributed by atoms with Crippen LogP contribution in [0, 0.1) is 11.1 Å². The molecule has 1 amide bonds. The highest BCUT2D eigenvalue weighted by Crippen LogP contribution is 2.39. The Morgan fingerprint density at radius 1 is 1.17 bits per heavy atom. The summed E-state index contributed by atoms with van der Waals surface area (Å²) >= 11 is 6.26. The topological polar surface area (TPSA) is 104 Å². The lowest BCUT2D eigenvalue weighted by molar-refractivity contribution is -0.614. The van der Waals surface area contributed by atoms with Gasteiger partial charge >= 0.3 is 0 Å². The number of nitrogens with one attached hydrogen (secondary N) is 1. The number of halogens is 1. The predicted octanol–water partition coefficient (Wildman–Crippen LogP) is 4.95. The zero-order valence-electron chi connectivity index (χ0n) is 19.6. The van der Waals surface area contributed by atoms with Crippen molar-refractivity contribution in [1.82, 2.24) is 14.8 Å². The van der Waals surface area contributed by atoms with Crippen molar-refractivity contribution in [2.75, 3.05) is 5.32 Å². The van der Waals surface area contributed by atoms with Crippen LogP contribution in [0.4, 0.5) is 5.69 Å². The van der Waals surface area contributed by atoms with Crippen molar-refractivity contribution in [2.24, 2.45) is 5.92 Å². The summed E-state index contributed by atoms with van der Waals surface area (Å²) in [5.41, 5.74) is 3.63. The fraction of sp³-hybridized carbons (Fsp3) is 0.222. The third kappa shape index (κ3) is 5.13. The lowest BCUT2D eigenvalue weighted by Gasteiger charge is -2.17. The molecule has 1 atom stereocenters. The number of Topliss-reactive ketones (excluding diaryl/α,β-unsaturated/α-hetero) is 1. The second-order valence-electron chi connectivity index (χ2n) is 9.02. The van der Waals surface area contributed by atoms with Gasteiger partial charge in [0.2, 0.25) is 11.6 Å². The van der Waals surface area contributed by atoms with Gasteiger partial charge in [-0.2, -0.15) is 9.83 Å². The molecule has 1 fully saturated rings. The van der Waals surface area contributed by atoms with E-state index in [-0.39, 0.29) is 11.7 Å². The minimum absolute atomic E-state index is 0.0429. The zero-order valence-corrected chi connectivity index (χ0v) is 20.4. The number of anilines is 1. The maximum Gasteiger partial charge on any atom is 0.238 e. The zero-order chi connectivity index (χ0) is 25.2. The van der Waals surface area contributed by atoms with Crippen LogP contribution in [0.2, 0.25) is 5.02 Å². The van der Waals surface area contributed by atoms with E-state index in [2.05, 4.69) is 15.4 Å². The molecule has 1 N–H and O–H groups in total. The van der Waals surface area contributed by atoms with Gasteiger partial charge in [-0.1, -0.05) is 24.4 Å². The van der Waals surface area contributed by atoms with Crippen LogP contribution in [0.1, 0.15) is 48.2 Å². The number of ketones is 1. The van der Waals surface area contributed by atoms with E-state index in [1.54, 1.807) is 53.5 Å². The summed E-state index contributed by atoms with van der Waals surface area (Å²) in [6.45, 7) is 1.49. The first-order valence-corrected chi connectivity index (χ1v) is 12.1. The average molecular weight is 502 g/mol. The Balaban J connectivity index is 1.45. The molecule has 1 saturated carbocycles. The summed E-state index contributed by atoms with van der Waals surface area (Å²) in [5, 5.41) is 20.9. The van der Waals surface area contributed by atoms with Crippen molar-refractivity contribution in [3.05, 3.63) is 94.9 Å². The number of carbonyl (C=O) groups excluding carboxylic acids is 2. The first-order valence-electron chi connectivity index (χ1n) is 11.7.